The minimum absolute atomic E-state index is 0.493. The van der Waals surface area contributed by atoms with Crippen molar-refractivity contribution >= 4 is 21.9 Å². The molecule has 1 aliphatic carbocycles. The van der Waals surface area contributed by atoms with Gasteiger partial charge in [0.15, 0.2) is 17.5 Å². The molecule has 7 aromatic carbocycles. The summed E-state index contributed by atoms with van der Waals surface area (Å²) in [6.07, 6.45) is 0. The highest BCUT2D eigenvalue weighted by Gasteiger charge is 2.46. The van der Waals surface area contributed by atoms with Gasteiger partial charge in [-0.3, -0.25) is 0 Å². The Morgan fingerprint density at radius 2 is 0.820 bits per heavy atom. The maximum Gasteiger partial charge on any atom is 0.164 e. The summed E-state index contributed by atoms with van der Waals surface area (Å²) >= 11 is 0. The van der Waals surface area contributed by atoms with Crippen LogP contribution in [0.4, 0.5) is 0 Å². The van der Waals surface area contributed by atoms with E-state index in [1.54, 1.807) is 0 Å². The second-order valence-electron chi connectivity index (χ2n) is 12.8. The zero-order valence-electron chi connectivity index (χ0n) is 27.0. The fourth-order valence-electron chi connectivity index (χ4n) is 7.80. The molecule has 0 spiro atoms. The predicted octanol–water partition coefficient (Wildman–Crippen LogP) is 11.1. The Bertz CT molecular complexity index is 2600. The summed E-state index contributed by atoms with van der Waals surface area (Å²) < 4.78 is 6.47. The maximum atomic E-state index is 6.47. The van der Waals surface area contributed by atoms with Crippen molar-refractivity contribution in [1.82, 2.24) is 15.0 Å². The quantitative estimate of drug-likeness (QED) is 0.188. The van der Waals surface area contributed by atoms with Gasteiger partial charge in [0.05, 0.1) is 5.41 Å². The van der Waals surface area contributed by atoms with E-state index in [0.29, 0.717) is 17.5 Å². The van der Waals surface area contributed by atoms with E-state index >= 15 is 0 Å². The SMILES string of the molecule is c1ccc(-c2nc(-c3ccccc3)nc(-c3ccc4oc5ccc(C6(c7ccccc7)c7ccccc7-c7ccccc76)cc5c4c3)n2)cc1. The molecular formula is C46H29N3O. The number of rotatable bonds is 5. The summed E-state index contributed by atoms with van der Waals surface area (Å²) in [7, 11) is 0. The Hall–Kier alpha value is -6.65. The highest BCUT2D eigenvalue weighted by molar-refractivity contribution is 6.07. The molecule has 4 heteroatoms. The second-order valence-corrected chi connectivity index (χ2v) is 12.8. The molecule has 0 fully saturated rings. The number of hydrogen-bond donors (Lipinski definition) is 0. The summed E-state index contributed by atoms with van der Waals surface area (Å²) in [6, 6.07) is 61.6. The molecule has 2 heterocycles. The summed E-state index contributed by atoms with van der Waals surface area (Å²) in [5, 5.41) is 2.07. The molecule has 0 radical (unpaired) electrons. The fourth-order valence-corrected chi connectivity index (χ4v) is 7.80. The lowest BCUT2D eigenvalue weighted by atomic mass is 9.67. The summed E-state index contributed by atoms with van der Waals surface area (Å²) in [5.41, 5.74) is 11.5. The van der Waals surface area contributed by atoms with Gasteiger partial charge in [-0.15, -0.1) is 0 Å². The minimum Gasteiger partial charge on any atom is -0.456 e. The first-order valence-electron chi connectivity index (χ1n) is 16.9. The standard InChI is InChI=1S/C46H29N3O/c1-4-14-30(15-5-1)43-47-44(31-16-6-2-7-17-31)49-45(48-43)32-24-26-41-37(28-32)38-29-34(25-27-42(38)50-41)46(33-18-8-3-9-19-33)39-22-12-10-20-35(39)36-21-11-13-23-40(36)46/h1-29H. The van der Waals surface area contributed by atoms with Gasteiger partial charge in [0.1, 0.15) is 11.2 Å². The number of nitrogens with zero attached hydrogens (tertiary/aromatic N) is 3. The molecule has 1 aliphatic rings. The molecule has 0 unspecified atom stereocenters. The molecular weight excluding hydrogens is 611 g/mol. The lowest BCUT2D eigenvalue weighted by Gasteiger charge is -2.33. The zero-order valence-corrected chi connectivity index (χ0v) is 27.0. The van der Waals surface area contributed by atoms with E-state index in [9.17, 15) is 0 Å². The molecule has 0 N–H and O–H groups in total. The topological polar surface area (TPSA) is 51.8 Å². The van der Waals surface area contributed by atoms with Crippen LogP contribution in [-0.2, 0) is 5.41 Å². The van der Waals surface area contributed by atoms with Crippen LogP contribution in [0.1, 0.15) is 22.3 Å². The highest BCUT2D eigenvalue weighted by Crippen LogP contribution is 2.56. The van der Waals surface area contributed by atoms with Crippen LogP contribution in [-0.4, -0.2) is 15.0 Å². The Morgan fingerprint density at radius 3 is 1.40 bits per heavy atom. The lowest BCUT2D eigenvalue weighted by molar-refractivity contribution is 0.668. The van der Waals surface area contributed by atoms with Crippen LogP contribution in [0.25, 0.3) is 67.2 Å². The van der Waals surface area contributed by atoms with Crippen molar-refractivity contribution in [3.05, 3.63) is 198 Å². The Balaban J connectivity index is 1.20. The van der Waals surface area contributed by atoms with Gasteiger partial charge in [0.25, 0.3) is 0 Å². The normalized spacial score (nSPS) is 13.0. The monoisotopic (exact) mass is 639 g/mol. The molecule has 0 amide bonds. The Labute approximate surface area is 289 Å². The summed E-state index contributed by atoms with van der Waals surface area (Å²) in [6.45, 7) is 0. The lowest BCUT2D eigenvalue weighted by Crippen LogP contribution is -2.28. The largest absolute Gasteiger partial charge is 0.456 e. The van der Waals surface area contributed by atoms with Crippen molar-refractivity contribution in [2.24, 2.45) is 0 Å². The number of fused-ring (bicyclic) bond motifs is 6. The predicted molar refractivity (Wildman–Crippen MR) is 201 cm³/mol. The molecule has 2 aromatic heterocycles. The van der Waals surface area contributed by atoms with Crippen LogP contribution in [0.2, 0.25) is 0 Å². The van der Waals surface area contributed by atoms with E-state index in [2.05, 4.69) is 103 Å². The molecule has 10 rings (SSSR count). The van der Waals surface area contributed by atoms with Crippen LogP contribution in [0.3, 0.4) is 0 Å². The van der Waals surface area contributed by atoms with Gasteiger partial charge < -0.3 is 4.42 Å². The summed E-state index contributed by atoms with van der Waals surface area (Å²) in [5.74, 6) is 1.89. The number of hydrogen-bond acceptors (Lipinski definition) is 4. The summed E-state index contributed by atoms with van der Waals surface area (Å²) in [4.78, 5) is 14.9. The number of furan rings is 1. The third-order valence-corrected chi connectivity index (χ3v) is 10.0. The van der Waals surface area contributed by atoms with Gasteiger partial charge in [0, 0.05) is 27.5 Å². The Kier molecular flexibility index (Phi) is 6.36. The van der Waals surface area contributed by atoms with Gasteiger partial charge in [-0.25, -0.2) is 15.0 Å². The zero-order chi connectivity index (χ0) is 33.1. The van der Waals surface area contributed by atoms with Gasteiger partial charge >= 0.3 is 0 Å². The Morgan fingerprint density at radius 1 is 0.360 bits per heavy atom. The van der Waals surface area contributed by atoms with Crippen LogP contribution < -0.4 is 0 Å². The fraction of sp³-hybridized carbons (Fsp3) is 0.0217. The van der Waals surface area contributed by atoms with Gasteiger partial charge in [-0.2, -0.15) is 0 Å². The van der Waals surface area contributed by atoms with Crippen molar-refractivity contribution in [1.29, 1.82) is 0 Å². The highest BCUT2D eigenvalue weighted by atomic mass is 16.3. The number of benzene rings is 7. The molecule has 4 nitrogen and oxygen atoms in total. The van der Waals surface area contributed by atoms with E-state index in [4.69, 9.17) is 19.4 Å². The second kappa shape index (κ2) is 11.2. The van der Waals surface area contributed by atoms with Crippen LogP contribution in [0, 0.1) is 0 Å². The van der Waals surface area contributed by atoms with Crippen LogP contribution in [0.15, 0.2) is 180 Å². The first-order valence-corrected chi connectivity index (χ1v) is 16.9. The molecule has 9 aromatic rings. The smallest absolute Gasteiger partial charge is 0.164 e. The molecule has 0 aliphatic heterocycles. The third-order valence-electron chi connectivity index (χ3n) is 10.0. The maximum absolute atomic E-state index is 6.47. The van der Waals surface area contributed by atoms with Crippen molar-refractivity contribution in [3.63, 3.8) is 0 Å². The van der Waals surface area contributed by atoms with Crippen LogP contribution >= 0.6 is 0 Å². The average molecular weight is 640 g/mol. The molecule has 50 heavy (non-hydrogen) atoms. The van der Waals surface area contributed by atoms with E-state index in [-0.39, 0.29) is 0 Å². The molecule has 0 saturated heterocycles. The molecule has 0 saturated carbocycles. The van der Waals surface area contributed by atoms with E-state index in [0.717, 1.165) is 38.6 Å². The molecule has 0 bridgehead atoms. The van der Waals surface area contributed by atoms with E-state index < -0.39 is 5.41 Å². The van der Waals surface area contributed by atoms with Crippen molar-refractivity contribution in [2.75, 3.05) is 0 Å². The first-order chi connectivity index (χ1) is 24.8. The van der Waals surface area contributed by atoms with Crippen LogP contribution in [0.5, 0.6) is 0 Å². The van der Waals surface area contributed by atoms with Crippen molar-refractivity contribution in [3.8, 4) is 45.3 Å². The van der Waals surface area contributed by atoms with Crippen molar-refractivity contribution < 1.29 is 4.42 Å². The van der Waals surface area contributed by atoms with Gasteiger partial charge in [-0.1, -0.05) is 146 Å². The average Bonchev–Trinajstić information content (AvgIpc) is 3.72. The van der Waals surface area contributed by atoms with Gasteiger partial charge in [0.2, 0.25) is 0 Å². The molecule has 0 atom stereocenters. The van der Waals surface area contributed by atoms with E-state index in [1.807, 2.05) is 72.8 Å². The number of aromatic nitrogens is 3. The van der Waals surface area contributed by atoms with E-state index in [1.165, 1.54) is 33.4 Å². The third kappa shape index (κ3) is 4.28. The minimum atomic E-state index is -0.493. The molecule has 234 valence electrons. The van der Waals surface area contributed by atoms with Gasteiger partial charge in [-0.05, 0) is 63.7 Å². The van der Waals surface area contributed by atoms with Crippen molar-refractivity contribution in [2.45, 2.75) is 5.41 Å². The first kappa shape index (κ1) is 28.4.